The molecule has 2 amide bonds. The van der Waals surface area contributed by atoms with Gasteiger partial charge in [0.2, 0.25) is 5.91 Å². The van der Waals surface area contributed by atoms with Crippen LogP contribution in [0.3, 0.4) is 0 Å². The molecule has 0 radical (unpaired) electrons. The fourth-order valence-corrected chi connectivity index (χ4v) is 4.32. The summed E-state index contributed by atoms with van der Waals surface area (Å²) in [7, 11) is 0. The topological polar surface area (TPSA) is 75.2 Å². The SMILES string of the molecule is Cc1ccc(N(C(=O)c2csnn2)C(C(=O)NC(C)(C)C)c2cccs2)c(C)c1. The summed E-state index contributed by atoms with van der Waals surface area (Å²) in [5, 5.41) is 10.5. The van der Waals surface area contributed by atoms with E-state index in [2.05, 4.69) is 14.9 Å². The third kappa shape index (κ3) is 4.89. The summed E-state index contributed by atoms with van der Waals surface area (Å²) in [4.78, 5) is 29.2. The molecule has 1 unspecified atom stereocenters. The number of carbonyl (C=O) groups is 2. The Bertz CT molecular complexity index is 992. The third-order valence-electron chi connectivity index (χ3n) is 4.23. The van der Waals surface area contributed by atoms with Crippen LogP contribution in [-0.2, 0) is 4.79 Å². The average molecular weight is 429 g/mol. The molecule has 152 valence electrons. The predicted molar refractivity (Wildman–Crippen MR) is 118 cm³/mol. The highest BCUT2D eigenvalue weighted by atomic mass is 32.1. The van der Waals surface area contributed by atoms with E-state index in [1.807, 2.05) is 70.3 Å². The molecular weight excluding hydrogens is 404 g/mol. The molecule has 8 heteroatoms. The van der Waals surface area contributed by atoms with Gasteiger partial charge in [0, 0.05) is 21.5 Å². The monoisotopic (exact) mass is 428 g/mol. The summed E-state index contributed by atoms with van der Waals surface area (Å²) < 4.78 is 3.83. The number of nitrogens with one attached hydrogen (secondary N) is 1. The molecule has 0 aliphatic carbocycles. The number of benzene rings is 1. The van der Waals surface area contributed by atoms with E-state index >= 15 is 0 Å². The van der Waals surface area contributed by atoms with Crippen molar-refractivity contribution in [1.29, 1.82) is 0 Å². The van der Waals surface area contributed by atoms with Crippen molar-refractivity contribution in [2.45, 2.75) is 46.2 Å². The van der Waals surface area contributed by atoms with Gasteiger partial charge in [-0.05, 0) is 69.2 Å². The van der Waals surface area contributed by atoms with Crippen molar-refractivity contribution in [3.8, 4) is 0 Å². The first kappa shape index (κ1) is 21.1. The lowest BCUT2D eigenvalue weighted by Crippen LogP contribution is -2.49. The maximum absolute atomic E-state index is 13.5. The molecule has 0 saturated heterocycles. The van der Waals surface area contributed by atoms with Crippen LogP contribution in [0.25, 0.3) is 0 Å². The van der Waals surface area contributed by atoms with Crippen molar-refractivity contribution < 1.29 is 9.59 Å². The molecule has 0 spiro atoms. The molecule has 0 aliphatic heterocycles. The molecule has 29 heavy (non-hydrogen) atoms. The van der Waals surface area contributed by atoms with Gasteiger partial charge in [-0.3, -0.25) is 14.5 Å². The van der Waals surface area contributed by atoms with Gasteiger partial charge in [-0.1, -0.05) is 28.3 Å². The normalized spacial score (nSPS) is 12.4. The minimum Gasteiger partial charge on any atom is -0.349 e. The van der Waals surface area contributed by atoms with Gasteiger partial charge in [-0.2, -0.15) is 0 Å². The molecule has 1 atom stereocenters. The van der Waals surface area contributed by atoms with Gasteiger partial charge in [-0.25, -0.2) is 0 Å². The molecule has 0 saturated carbocycles. The molecule has 1 aromatic carbocycles. The minimum atomic E-state index is -0.815. The second kappa shape index (κ2) is 8.42. The number of thiophene rings is 1. The molecular formula is C21H24N4O2S2. The number of hydrogen-bond donors (Lipinski definition) is 1. The second-order valence-corrected chi connectivity index (χ2v) is 9.50. The quantitative estimate of drug-likeness (QED) is 0.648. The lowest BCUT2D eigenvalue weighted by atomic mass is 10.0. The molecule has 6 nitrogen and oxygen atoms in total. The number of aromatic nitrogens is 2. The van der Waals surface area contributed by atoms with Gasteiger partial charge in [0.05, 0.1) is 0 Å². The third-order valence-corrected chi connectivity index (χ3v) is 5.66. The van der Waals surface area contributed by atoms with Crippen LogP contribution in [-0.4, -0.2) is 26.9 Å². The van der Waals surface area contributed by atoms with Crippen LogP contribution in [0.2, 0.25) is 0 Å². The summed E-state index contributed by atoms with van der Waals surface area (Å²) in [6, 6.07) is 8.77. The van der Waals surface area contributed by atoms with Gasteiger partial charge in [0.1, 0.15) is 0 Å². The highest BCUT2D eigenvalue weighted by Gasteiger charge is 2.37. The number of anilines is 1. The van der Waals surface area contributed by atoms with E-state index < -0.39 is 11.6 Å². The van der Waals surface area contributed by atoms with Gasteiger partial charge in [-0.15, -0.1) is 16.4 Å². The lowest BCUT2D eigenvalue weighted by molar-refractivity contribution is -0.123. The summed E-state index contributed by atoms with van der Waals surface area (Å²) >= 11 is 2.55. The largest absolute Gasteiger partial charge is 0.349 e. The van der Waals surface area contributed by atoms with Crippen molar-refractivity contribution in [1.82, 2.24) is 14.9 Å². The van der Waals surface area contributed by atoms with Crippen LogP contribution in [0.4, 0.5) is 5.69 Å². The fraction of sp³-hybridized carbons (Fsp3) is 0.333. The Kier molecular flexibility index (Phi) is 6.14. The minimum absolute atomic E-state index is 0.222. The summed E-state index contributed by atoms with van der Waals surface area (Å²) in [5.41, 5.74) is 2.45. The van der Waals surface area contributed by atoms with Gasteiger partial charge in [0.15, 0.2) is 11.7 Å². The van der Waals surface area contributed by atoms with Crippen molar-refractivity contribution in [2.24, 2.45) is 0 Å². The molecule has 3 aromatic rings. The van der Waals surface area contributed by atoms with Gasteiger partial charge >= 0.3 is 0 Å². The Labute approximate surface area is 178 Å². The fourth-order valence-electron chi connectivity index (χ4n) is 3.08. The number of carbonyl (C=O) groups excluding carboxylic acids is 2. The summed E-state index contributed by atoms with van der Waals surface area (Å²) in [6.45, 7) is 9.70. The lowest BCUT2D eigenvalue weighted by Gasteiger charge is -2.33. The highest BCUT2D eigenvalue weighted by molar-refractivity contribution is 7.10. The Morgan fingerprint density at radius 1 is 1.17 bits per heavy atom. The van der Waals surface area contributed by atoms with Crippen LogP contribution in [0.15, 0.2) is 41.1 Å². The Hall–Kier alpha value is -2.58. The number of aryl methyl sites for hydroxylation is 2. The van der Waals surface area contributed by atoms with E-state index in [0.29, 0.717) is 5.69 Å². The number of amides is 2. The maximum atomic E-state index is 13.5. The summed E-state index contributed by atoms with van der Waals surface area (Å²) in [5.74, 6) is -0.593. The summed E-state index contributed by atoms with van der Waals surface area (Å²) in [6.07, 6.45) is 0. The van der Waals surface area contributed by atoms with Crippen LogP contribution < -0.4 is 10.2 Å². The first-order valence-electron chi connectivity index (χ1n) is 9.20. The Balaban J connectivity index is 2.17. The van der Waals surface area contributed by atoms with E-state index in [9.17, 15) is 9.59 Å². The first-order chi connectivity index (χ1) is 13.7. The van der Waals surface area contributed by atoms with Crippen molar-refractivity contribution >= 4 is 40.4 Å². The molecule has 0 aliphatic rings. The van der Waals surface area contributed by atoms with Crippen LogP contribution >= 0.6 is 22.9 Å². The molecule has 2 aromatic heterocycles. The van der Waals surface area contributed by atoms with Gasteiger partial charge < -0.3 is 5.32 Å². The average Bonchev–Trinajstić information content (AvgIpc) is 3.32. The number of nitrogens with zero attached hydrogens (tertiary/aromatic N) is 3. The van der Waals surface area contributed by atoms with Gasteiger partial charge in [0.25, 0.3) is 5.91 Å². The van der Waals surface area contributed by atoms with E-state index in [0.717, 1.165) is 27.5 Å². The number of rotatable bonds is 5. The number of hydrogen-bond acceptors (Lipinski definition) is 6. The zero-order chi connectivity index (χ0) is 21.2. The molecule has 0 bridgehead atoms. The standard InChI is InChI=1S/C21H24N4O2S2/c1-13-8-9-16(14(2)11-13)25(20(27)15-12-29-24-23-15)18(17-7-6-10-28-17)19(26)22-21(3,4)5/h6-12,18H,1-5H3,(H,22,26). The first-order valence-corrected chi connectivity index (χ1v) is 10.9. The van der Waals surface area contributed by atoms with E-state index in [4.69, 9.17) is 0 Å². The Morgan fingerprint density at radius 2 is 1.93 bits per heavy atom. The Morgan fingerprint density at radius 3 is 2.48 bits per heavy atom. The second-order valence-electron chi connectivity index (χ2n) is 7.91. The molecule has 2 heterocycles. The van der Waals surface area contributed by atoms with Crippen LogP contribution in [0.1, 0.15) is 53.3 Å². The maximum Gasteiger partial charge on any atom is 0.280 e. The molecule has 1 N–H and O–H groups in total. The van der Waals surface area contributed by atoms with Crippen LogP contribution in [0.5, 0.6) is 0 Å². The predicted octanol–water partition coefficient (Wildman–Crippen LogP) is 4.52. The van der Waals surface area contributed by atoms with Crippen molar-refractivity contribution in [3.05, 3.63) is 62.8 Å². The zero-order valence-electron chi connectivity index (χ0n) is 17.1. The zero-order valence-corrected chi connectivity index (χ0v) is 18.7. The van der Waals surface area contributed by atoms with E-state index in [1.165, 1.54) is 11.3 Å². The highest BCUT2D eigenvalue weighted by Crippen LogP contribution is 2.34. The molecule has 3 rings (SSSR count). The van der Waals surface area contributed by atoms with Crippen molar-refractivity contribution in [2.75, 3.05) is 4.90 Å². The van der Waals surface area contributed by atoms with E-state index in [-0.39, 0.29) is 17.5 Å². The van der Waals surface area contributed by atoms with Crippen molar-refractivity contribution in [3.63, 3.8) is 0 Å². The van der Waals surface area contributed by atoms with E-state index in [1.54, 1.807) is 10.3 Å². The smallest absolute Gasteiger partial charge is 0.280 e. The molecule has 0 fully saturated rings. The van der Waals surface area contributed by atoms with Crippen LogP contribution in [0, 0.1) is 13.8 Å².